The molecule has 0 bridgehead atoms. The second kappa shape index (κ2) is 7.58. The number of hydrogen-bond acceptors (Lipinski definition) is 3. The van der Waals surface area contributed by atoms with E-state index in [1.165, 1.54) is 4.90 Å². The number of benzene rings is 2. The van der Waals surface area contributed by atoms with Gasteiger partial charge in [-0.1, -0.05) is 54.3 Å². The molecule has 1 heterocycles. The molecule has 4 heteroatoms. The van der Waals surface area contributed by atoms with E-state index in [0.29, 0.717) is 30.8 Å². The molecule has 2 aromatic rings. The minimum Gasteiger partial charge on any atom is -0.376 e. The summed E-state index contributed by atoms with van der Waals surface area (Å²) in [6.07, 6.45) is 0.565. The van der Waals surface area contributed by atoms with Crippen LogP contribution in [0, 0.1) is 11.8 Å². The van der Waals surface area contributed by atoms with Crippen LogP contribution < -0.4 is 0 Å². The largest absolute Gasteiger partial charge is 0.376 e. The summed E-state index contributed by atoms with van der Waals surface area (Å²) < 4.78 is 5.53. The van der Waals surface area contributed by atoms with E-state index in [9.17, 15) is 9.59 Å². The van der Waals surface area contributed by atoms with Crippen molar-refractivity contribution >= 4 is 11.8 Å². The van der Waals surface area contributed by atoms with Gasteiger partial charge >= 0.3 is 0 Å². The minimum absolute atomic E-state index is 0.116. The van der Waals surface area contributed by atoms with Crippen molar-refractivity contribution in [3.8, 4) is 11.8 Å². The second-order valence-corrected chi connectivity index (χ2v) is 5.38. The summed E-state index contributed by atoms with van der Waals surface area (Å²) in [6.45, 7) is 1.19. The zero-order chi connectivity index (χ0) is 16.8. The lowest BCUT2D eigenvalue weighted by Crippen LogP contribution is -2.29. The number of hydrogen-bond donors (Lipinski definition) is 0. The molecule has 0 saturated carbocycles. The maximum Gasteiger partial charge on any atom is 0.262 e. The molecule has 0 aromatic heterocycles. The zero-order valence-electron chi connectivity index (χ0n) is 13.2. The van der Waals surface area contributed by atoms with Crippen molar-refractivity contribution in [2.75, 3.05) is 13.2 Å². The Morgan fingerprint density at radius 2 is 1.46 bits per heavy atom. The van der Waals surface area contributed by atoms with Gasteiger partial charge in [-0.2, -0.15) is 0 Å². The smallest absolute Gasteiger partial charge is 0.262 e. The normalized spacial score (nSPS) is 12.8. The van der Waals surface area contributed by atoms with Crippen LogP contribution in [0.5, 0.6) is 0 Å². The van der Waals surface area contributed by atoms with Crippen LogP contribution in [0.15, 0.2) is 54.6 Å². The van der Waals surface area contributed by atoms with E-state index < -0.39 is 0 Å². The van der Waals surface area contributed by atoms with Crippen molar-refractivity contribution < 1.29 is 14.3 Å². The molecule has 0 radical (unpaired) electrons. The summed E-state index contributed by atoms with van der Waals surface area (Å²) in [4.78, 5) is 25.5. The van der Waals surface area contributed by atoms with Crippen LogP contribution in [0.1, 0.15) is 32.7 Å². The number of nitrogens with zero attached hydrogens (tertiary/aromatic N) is 1. The molecule has 2 aromatic carbocycles. The van der Waals surface area contributed by atoms with Crippen molar-refractivity contribution in [1.29, 1.82) is 0 Å². The zero-order valence-corrected chi connectivity index (χ0v) is 13.2. The first-order valence-corrected chi connectivity index (χ1v) is 7.80. The molecule has 0 aliphatic carbocycles. The van der Waals surface area contributed by atoms with E-state index in [1.54, 1.807) is 24.3 Å². The monoisotopic (exact) mass is 319 g/mol. The molecule has 120 valence electrons. The van der Waals surface area contributed by atoms with Crippen molar-refractivity contribution in [2.24, 2.45) is 0 Å². The third kappa shape index (κ3) is 3.53. The molecule has 0 unspecified atom stereocenters. The van der Waals surface area contributed by atoms with E-state index in [2.05, 4.69) is 11.8 Å². The minimum atomic E-state index is -0.273. The first-order chi connectivity index (χ1) is 11.8. The summed E-state index contributed by atoms with van der Waals surface area (Å²) in [7, 11) is 0. The van der Waals surface area contributed by atoms with Crippen LogP contribution in [0.25, 0.3) is 0 Å². The standard InChI is InChI=1S/C20H17NO3/c22-19-17-11-5-6-12-18(17)20(23)21(19)13-7-2-8-14-24-15-16-9-3-1-4-10-16/h1,3-6,9-12H,8,13-15H2. The van der Waals surface area contributed by atoms with E-state index in [-0.39, 0.29) is 18.4 Å². The number of amides is 2. The quantitative estimate of drug-likeness (QED) is 0.484. The number of fused-ring (bicyclic) bond motifs is 1. The molecular weight excluding hydrogens is 302 g/mol. The predicted molar refractivity (Wildman–Crippen MR) is 90.3 cm³/mol. The molecule has 3 rings (SSSR count). The number of carbonyl (C=O) groups is 2. The van der Waals surface area contributed by atoms with Gasteiger partial charge in [0.2, 0.25) is 0 Å². The Bertz CT molecular complexity index is 767. The Kier molecular flexibility index (Phi) is 5.05. The van der Waals surface area contributed by atoms with Gasteiger partial charge < -0.3 is 4.74 Å². The van der Waals surface area contributed by atoms with Crippen LogP contribution in [0.3, 0.4) is 0 Å². The molecule has 1 aliphatic rings. The van der Waals surface area contributed by atoms with Gasteiger partial charge in [-0.25, -0.2) is 0 Å². The number of imide groups is 1. The number of rotatable bonds is 5. The van der Waals surface area contributed by atoms with Gasteiger partial charge in [-0.3, -0.25) is 14.5 Å². The first-order valence-electron chi connectivity index (χ1n) is 7.80. The second-order valence-electron chi connectivity index (χ2n) is 5.38. The molecule has 24 heavy (non-hydrogen) atoms. The fourth-order valence-corrected chi connectivity index (χ4v) is 2.49. The van der Waals surface area contributed by atoms with Crippen LogP contribution in [-0.4, -0.2) is 29.9 Å². The lowest BCUT2D eigenvalue weighted by Gasteiger charge is -2.08. The van der Waals surface area contributed by atoms with Crippen molar-refractivity contribution in [1.82, 2.24) is 4.90 Å². The highest BCUT2D eigenvalue weighted by Crippen LogP contribution is 2.21. The Hall–Kier alpha value is -2.90. The molecule has 0 saturated heterocycles. The highest BCUT2D eigenvalue weighted by atomic mass is 16.5. The van der Waals surface area contributed by atoms with Gasteiger partial charge in [0.1, 0.15) is 0 Å². The summed E-state index contributed by atoms with van der Waals surface area (Å²) in [5.41, 5.74) is 2.03. The van der Waals surface area contributed by atoms with Gasteiger partial charge in [0.25, 0.3) is 11.8 Å². The van der Waals surface area contributed by atoms with E-state index in [0.717, 1.165) is 5.56 Å². The van der Waals surface area contributed by atoms with Crippen LogP contribution in [0.2, 0.25) is 0 Å². The molecule has 0 spiro atoms. The van der Waals surface area contributed by atoms with Crippen LogP contribution in [0.4, 0.5) is 0 Å². The van der Waals surface area contributed by atoms with E-state index in [4.69, 9.17) is 4.74 Å². The Balaban J connectivity index is 1.44. The SMILES string of the molecule is O=C1c2ccccc2C(=O)N1CC#CCCOCc1ccccc1. The maximum absolute atomic E-state index is 12.1. The number of carbonyl (C=O) groups excluding carboxylic acids is 2. The van der Waals surface area contributed by atoms with Gasteiger partial charge in [0.15, 0.2) is 0 Å². The van der Waals surface area contributed by atoms with Gasteiger partial charge in [0, 0.05) is 6.42 Å². The molecule has 0 fully saturated rings. The first kappa shape index (κ1) is 16.0. The Labute approximate surface area is 141 Å². The molecule has 0 atom stereocenters. The summed E-state index contributed by atoms with van der Waals surface area (Å²) >= 11 is 0. The average Bonchev–Trinajstić information content (AvgIpc) is 2.87. The van der Waals surface area contributed by atoms with Crippen molar-refractivity contribution in [3.63, 3.8) is 0 Å². The molecule has 4 nitrogen and oxygen atoms in total. The lowest BCUT2D eigenvalue weighted by atomic mass is 10.1. The highest BCUT2D eigenvalue weighted by molar-refractivity contribution is 6.21. The van der Waals surface area contributed by atoms with Crippen LogP contribution in [-0.2, 0) is 11.3 Å². The lowest BCUT2D eigenvalue weighted by molar-refractivity contribution is 0.0675. The summed E-state index contributed by atoms with van der Waals surface area (Å²) in [6, 6.07) is 16.8. The third-order valence-corrected chi connectivity index (χ3v) is 3.72. The Morgan fingerprint density at radius 1 is 0.833 bits per heavy atom. The molecule has 1 aliphatic heterocycles. The maximum atomic E-state index is 12.1. The number of ether oxygens (including phenoxy) is 1. The summed E-state index contributed by atoms with van der Waals surface area (Å²) in [5, 5.41) is 0. The highest BCUT2D eigenvalue weighted by Gasteiger charge is 2.34. The van der Waals surface area contributed by atoms with Gasteiger partial charge in [-0.15, -0.1) is 0 Å². The fraction of sp³-hybridized carbons (Fsp3) is 0.200. The Morgan fingerprint density at radius 3 is 2.12 bits per heavy atom. The predicted octanol–water partition coefficient (Wildman–Crippen LogP) is 2.89. The van der Waals surface area contributed by atoms with Crippen LogP contribution >= 0.6 is 0 Å². The molecular formula is C20H17NO3. The molecule has 0 N–H and O–H groups in total. The van der Waals surface area contributed by atoms with Crippen molar-refractivity contribution in [2.45, 2.75) is 13.0 Å². The summed E-state index contributed by atoms with van der Waals surface area (Å²) in [5.74, 6) is 5.28. The third-order valence-electron chi connectivity index (χ3n) is 3.72. The van der Waals surface area contributed by atoms with E-state index in [1.807, 2.05) is 30.3 Å². The van der Waals surface area contributed by atoms with Gasteiger partial charge in [-0.05, 0) is 17.7 Å². The van der Waals surface area contributed by atoms with Crippen molar-refractivity contribution in [3.05, 3.63) is 71.3 Å². The average molecular weight is 319 g/mol. The fourth-order valence-electron chi connectivity index (χ4n) is 2.49. The van der Waals surface area contributed by atoms with Gasteiger partial charge in [0.05, 0.1) is 30.9 Å². The topological polar surface area (TPSA) is 46.6 Å². The molecule has 2 amide bonds. The van der Waals surface area contributed by atoms with E-state index >= 15 is 0 Å².